The largest absolute Gasteiger partial charge is 0.497 e. The van der Waals surface area contributed by atoms with E-state index in [0.717, 1.165) is 11.3 Å². The van der Waals surface area contributed by atoms with Gasteiger partial charge in [0.15, 0.2) is 0 Å². The zero-order chi connectivity index (χ0) is 18.5. The summed E-state index contributed by atoms with van der Waals surface area (Å²) < 4.78 is 11.9. The minimum Gasteiger partial charge on any atom is -0.497 e. The first-order valence-electron chi connectivity index (χ1n) is 8.05. The van der Waals surface area contributed by atoms with Crippen LogP contribution in [0.1, 0.15) is 17.4 Å². The fraction of sp³-hybridized carbons (Fsp3) is 0.222. The molecule has 1 amide bonds. The molecule has 0 unspecified atom stereocenters. The molecule has 134 valence electrons. The van der Waals surface area contributed by atoms with E-state index in [2.05, 4.69) is 20.4 Å². The fourth-order valence-corrected chi connectivity index (χ4v) is 2.38. The van der Waals surface area contributed by atoms with Crippen molar-refractivity contribution in [1.82, 2.24) is 19.7 Å². The minimum atomic E-state index is -0.304. The summed E-state index contributed by atoms with van der Waals surface area (Å²) in [5, 5.41) is 7.16. The molecule has 0 aliphatic carbocycles. The molecule has 8 nitrogen and oxygen atoms in total. The second kappa shape index (κ2) is 7.64. The molecule has 26 heavy (non-hydrogen) atoms. The third kappa shape index (κ3) is 3.80. The predicted octanol–water partition coefficient (Wildman–Crippen LogP) is 2.54. The third-order valence-electron chi connectivity index (χ3n) is 3.64. The van der Waals surface area contributed by atoms with Crippen LogP contribution in [0.4, 0.5) is 5.69 Å². The number of nitrogens with one attached hydrogen (secondary N) is 1. The molecule has 0 aliphatic rings. The van der Waals surface area contributed by atoms with E-state index in [1.54, 1.807) is 20.2 Å². The van der Waals surface area contributed by atoms with Crippen molar-refractivity contribution in [3.8, 4) is 23.0 Å². The van der Waals surface area contributed by atoms with Gasteiger partial charge in [0.05, 0.1) is 37.5 Å². The summed E-state index contributed by atoms with van der Waals surface area (Å²) >= 11 is 0. The summed E-state index contributed by atoms with van der Waals surface area (Å²) in [5.74, 6) is 0.424. The second-order valence-electron chi connectivity index (χ2n) is 5.41. The Balaban J connectivity index is 1.78. The summed E-state index contributed by atoms with van der Waals surface area (Å²) in [5.41, 5.74) is 2.43. The first-order valence-corrected chi connectivity index (χ1v) is 8.05. The predicted molar refractivity (Wildman–Crippen MR) is 96.4 cm³/mol. The van der Waals surface area contributed by atoms with Crippen molar-refractivity contribution in [3.63, 3.8) is 0 Å². The molecule has 0 atom stereocenters. The maximum Gasteiger partial charge on any atom is 0.316 e. The molecule has 3 aromatic rings. The lowest BCUT2D eigenvalue weighted by Gasteiger charge is -2.05. The molecular formula is C18H19N5O3. The van der Waals surface area contributed by atoms with Gasteiger partial charge in [0.1, 0.15) is 11.4 Å². The molecule has 2 aromatic heterocycles. The first kappa shape index (κ1) is 17.4. The quantitative estimate of drug-likeness (QED) is 0.732. The molecule has 3 rings (SSSR count). The Labute approximate surface area is 150 Å². The van der Waals surface area contributed by atoms with E-state index >= 15 is 0 Å². The third-order valence-corrected chi connectivity index (χ3v) is 3.64. The lowest BCUT2D eigenvalue weighted by molar-refractivity contribution is 0.101. The van der Waals surface area contributed by atoms with Gasteiger partial charge < -0.3 is 14.8 Å². The van der Waals surface area contributed by atoms with Gasteiger partial charge in [0, 0.05) is 12.6 Å². The van der Waals surface area contributed by atoms with E-state index in [1.165, 1.54) is 17.1 Å². The summed E-state index contributed by atoms with van der Waals surface area (Å²) in [6, 6.07) is 9.49. The molecule has 0 saturated carbocycles. The van der Waals surface area contributed by atoms with Crippen molar-refractivity contribution in [1.29, 1.82) is 0 Å². The summed E-state index contributed by atoms with van der Waals surface area (Å²) in [7, 11) is 3.32. The number of benzene rings is 1. The number of ether oxygens (including phenoxy) is 2. The zero-order valence-electron chi connectivity index (χ0n) is 14.8. The monoisotopic (exact) mass is 353 g/mol. The number of methoxy groups -OCH3 is 1. The van der Waals surface area contributed by atoms with Gasteiger partial charge in [-0.25, -0.2) is 9.97 Å². The normalized spacial score (nSPS) is 10.4. The van der Waals surface area contributed by atoms with E-state index in [0.29, 0.717) is 23.7 Å². The number of carbonyl (C=O) groups excluding carboxylic acids is 1. The number of hydrogen-bond donors (Lipinski definition) is 1. The minimum absolute atomic E-state index is 0.270. The number of rotatable bonds is 6. The van der Waals surface area contributed by atoms with Crippen molar-refractivity contribution in [2.75, 3.05) is 19.0 Å². The van der Waals surface area contributed by atoms with Crippen LogP contribution in [0.2, 0.25) is 0 Å². The highest BCUT2D eigenvalue weighted by atomic mass is 16.5. The fourth-order valence-electron chi connectivity index (χ4n) is 2.38. The number of nitrogens with zero attached hydrogens (tertiary/aromatic N) is 4. The lowest BCUT2D eigenvalue weighted by Crippen LogP contribution is -2.16. The van der Waals surface area contributed by atoms with Gasteiger partial charge in [-0.05, 0) is 25.1 Å². The standard InChI is InChI=1S/C18H19N5O3/c1-4-26-18-19-10-13(11-20-18)21-17(24)16-9-15(22-23(16)2)12-6-5-7-14(8-12)25-3/h5-11H,4H2,1-3H3,(H,21,24). The Morgan fingerprint density at radius 3 is 2.69 bits per heavy atom. The van der Waals surface area contributed by atoms with Crippen LogP contribution in [-0.4, -0.2) is 39.4 Å². The van der Waals surface area contributed by atoms with Crippen LogP contribution in [0, 0.1) is 0 Å². The first-order chi connectivity index (χ1) is 12.6. The van der Waals surface area contributed by atoms with Gasteiger partial charge in [-0.3, -0.25) is 9.48 Å². The van der Waals surface area contributed by atoms with Gasteiger partial charge >= 0.3 is 6.01 Å². The highest BCUT2D eigenvalue weighted by Crippen LogP contribution is 2.23. The maximum absolute atomic E-state index is 12.5. The number of aromatic nitrogens is 4. The van der Waals surface area contributed by atoms with Crippen LogP contribution < -0.4 is 14.8 Å². The van der Waals surface area contributed by atoms with Crippen LogP contribution in [0.5, 0.6) is 11.8 Å². The topological polar surface area (TPSA) is 91.2 Å². The molecule has 2 heterocycles. The van der Waals surface area contributed by atoms with Crippen molar-refractivity contribution >= 4 is 11.6 Å². The van der Waals surface area contributed by atoms with Crippen LogP contribution in [0.25, 0.3) is 11.3 Å². The number of aryl methyl sites for hydroxylation is 1. The van der Waals surface area contributed by atoms with E-state index in [-0.39, 0.29) is 11.9 Å². The molecule has 8 heteroatoms. The Hall–Kier alpha value is -3.42. The molecule has 0 radical (unpaired) electrons. The van der Waals surface area contributed by atoms with Crippen LogP contribution in [0.15, 0.2) is 42.7 Å². The molecule has 1 aromatic carbocycles. The van der Waals surface area contributed by atoms with Gasteiger partial charge in [0.2, 0.25) is 0 Å². The summed E-state index contributed by atoms with van der Waals surface area (Å²) in [4.78, 5) is 20.6. The highest BCUT2D eigenvalue weighted by Gasteiger charge is 2.15. The Bertz CT molecular complexity index is 905. The molecule has 1 N–H and O–H groups in total. The Kier molecular flexibility index (Phi) is 5.12. The van der Waals surface area contributed by atoms with Crippen LogP contribution in [-0.2, 0) is 7.05 Å². The lowest BCUT2D eigenvalue weighted by atomic mass is 10.1. The number of hydrogen-bond acceptors (Lipinski definition) is 6. The molecule has 0 spiro atoms. The van der Waals surface area contributed by atoms with Crippen molar-refractivity contribution in [2.24, 2.45) is 7.05 Å². The average molecular weight is 353 g/mol. The highest BCUT2D eigenvalue weighted by molar-refractivity contribution is 6.03. The molecule has 0 fully saturated rings. The zero-order valence-corrected chi connectivity index (χ0v) is 14.8. The SMILES string of the molecule is CCOc1ncc(NC(=O)c2cc(-c3cccc(OC)c3)nn2C)cn1. The van der Waals surface area contributed by atoms with Crippen LogP contribution >= 0.6 is 0 Å². The second-order valence-corrected chi connectivity index (χ2v) is 5.41. The van der Waals surface area contributed by atoms with E-state index < -0.39 is 0 Å². The van der Waals surface area contributed by atoms with Crippen molar-refractivity contribution < 1.29 is 14.3 Å². The molecule has 0 saturated heterocycles. The Morgan fingerprint density at radius 2 is 2.00 bits per heavy atom. The van der Waals surface area contributed by atoms with Crippen molar-refractivity contribution in [2.45, 2.75) is 6.92 Å². The van der Waals surface area contributed by atoms with Crippen molar-refractivity contribution in [3.05, 3.63) is 48.4 Å². The van der Waals surface area contributed by atoms with Gasteiger partial charge in [-0.2, -0.15) is 5.10 Å². The summed E-state index contributed by atoms with van der Waals surface area (Å²) in [6.45, 7) is 2.33. The van der Waals surface area contributed by atoms with E-state index in [4.69, 9.17) is 9.47 Å². The van der Waals surface area contributed by atoms with Gasteiger partial charge in [0.25, 0.3) is 5.91 Å². The average Bonchev–Trinajstić information content (AvgIpc) is 3.05. The number of anilines is 1. The van der Waals surface area contributed by atoms with Crippen LogP contribution in [0.3, 0.4) is 0 Å². The molecule has 0 bridgehead atoms. The maximum atomic E-state index is 12.5. The van der Waals surface area contributed by atoms with Gasteiger partial charge in [-0.15, -0.1) is 0 Å². The van der Waals surface area contributed by atoms with Gasteiger partial charge in [-0.1, -0.05) is 12.1 Å². The smallest absolute Gasteiger partial charge is 0.316 e. The Morgan fingerprint density at radius 1 is 1.23 bits per heavy atom. The summed E-state index contributed by atoms with van der Waals surface area (Å²) in [6.07, 6.45) is 2.99. The van der Waals surface area contributed by atoms with E-state index in [1.807, 2.05) is 31.2 Å². The number of amides is 1. The molecule has 0 aliphatic heterocycles. The molecular weight excluding hydrogens is 334 g/mol. The van der Waals surface area contributed by atoms with E-state index in [9.17, 15) is 4.79 Å². The number of carbonyl (C=O) groups is 1.